The maximum Gasteiger partial charge on any atom is 0.253 e. The first kappa shape index (κ1) is 22.2. The lowest BCUT2D eigenvalue weighted by Gasteiger charge is -2.41. The molecule has 174 valence electrons. The summed E-state index contributed by atoms with van der Waals surface area (Å²) in [4.78, 5) is 27.0. The van der Waals surface area contributed by atoms with Gasteiger partial charge in [-0.15, -0.1) is 12.6 Å². The standard InChI is InChI=1S/C25H32N6OS/c1-30(2)23-19-6-4-5-7-20(19)28-24(31(23)3)27-17-8-10-25(11-9-17)13-21(25)29-22(32)16-12-18(33)15-26-14-16/h4-7,12,14-15,17,21,23,33H,8-11,13H2,1-3H3,(H,27,28)(H,29,32)/t17?,21-,23?,25?/m1/s1. The minimum atomic E-state index is -0.0518. The summed E-state index contributed by atoms with van der Waals surface area (Å²) >= 11 is 4.29. The number of fused-ring (bicyclic) bond motifs is 1. The van der Waals surface area contributed by atoms with Gasteiger partial charge in [0, 0.05) is 41.6 Å². The summed E-state index contributed by atoms with van der Waals surface area (Å²) in [6.45, 7) is 0. The van der Waals surface area contributed by atoms with Crippen molar-refractivity contribution in [2.24, 2.45) is 10.4 Å². The summed E-state index contributed by atoms with van der Waals surface area (Å²) < 4.78 is 0. The molecule has 7 nitrogen and oxygen atoms in total. The van der Waals surface area contributed by atoms with Crippen LogP contribution in [-0.2, 0) is 0 Å². The molecule has 0 bridgehead atoms. The minimum Gasteiger partial charge on any atom is -0.349 e. The van der Waals surface area contributed by atoms with Gasteiger partial charge in [-0.2, -0.15) is 0 Å². The minimum absolute atomic E-state index is 0.0518. The van der Waals surface area contributed by atoms with Gasteiger partial charge in [0.1, 0.15) is 6.17 Å². The van der Waals surface area contributed by atoms with Crippen LogP contribution in [0, 0.1) is 5.41 Å². The highest BCUT2D eigenvalue weighted by molar-refractivity contribution is 7.80. The van der Waals surface area contributed by atoms with Gasteiger partial charge in [-0.1, -0.05) is 18.2 Å². The number of carbonyl (C=O) groups excluding carboxylic acids is 1. The Morgan fingerprint density at radius 3 is 2.76 bits per heavy atom. The third-order valence-corrected chi connectivity index (χ3v) is 7.66. The van der Waals surface area contributed by atoms with Gasteiger partial charge in [-0.3, -0.25) is 14.7 Å². The molecular formula is C25H32N6OS. The number of carbonyl (C=O) groups is 1. The first-order valence-electron chi connectivity index (χ1n) is 11.6. The number of thiol groups is 1. The smallest absolute Gasteiger partial charge is 0.253 e. The van der Waals surface area contributed by atoms with Gasteiger partial charge in [0.2, 0.25) is 0 Å². The molecule has 2 fully saturated rings. The van der Waals surface area contributed by atoms with Crippen molar-refractivity contribution >= 4 is 30.2 Å². The third-order valence-electron chi connectivity index (χ3n) is 7.41. The highest BCUT2D eigenvalue weighted by atomic mass is 32.1. The number of anilines is 1. The average molecular weight is 465 g/mol. The number of aliphatic imine (C=N–C) groups is 1. The van der Waals surface area contributed by atoms with Crippen molar-refractivity contribution in [3.05, 3.63) is 53.9 Å². The molecule has 2 aliphatic carbocycles. The molecule has 0 saturated heterocycles. The SMILES string of the molecule is CN(C)C1c2ccccc2NC(=NC2CCC3(CC2)C[C@H]3NC(=O)c2cncc(S)c2)N1C. The molecule has 2 aromatic rings. The Morgan fingerprint density at radius 1 is 1.27 bits per heavy atom. The number of nitrogens with zero attached hydrogens (tertiary/aromatic N) is 4. The van der Waals surface area contributed by atoms with Gasteiger partial charge in [-0.25, -0.2) is 4.99 Å². The molecule has 2 saturated carbocycles. The lowest BCUT2D eigenvalue weighted by molar-refractivity contribution is 0.0941. The van der Waals surface area contributed by atoms with Gasteiger partial charge >= 0.3 is 0 Å². The zero-order valence-corrected chi connectivity index (χ0v) is 20.3. The van der Waals surface area contributed by atoms with E-state index in [1.807, 2.05) is 0 Å². The van der Waals surface area contributed by atoms with Crippen LogP contribution in [0.5, 0.6) is 0 Å². The van der Waals surface area contributed by atoms with Crippen molar-refractivity contribution in [1.29, 1.82) is 0 Å². The first-order valence-corrected chi connectivity index (χ1v) is 12.1. The van der Waals surface area contributed by atoms with Crippen molar-refractivity contribution in [3.8, 4) is 0 Å². The number of para-hydroxylation sites is 1. The first-order chi connectivity index (χ1) is 15.9. The van der Waals surface area contributed by atoms with E-state index in [9.17, 15) is 4.79 Å². The van der Waals surface area contributed by atoms with E-state index in [0.29, 0.717) is 16.5 Å². The largest absolute Gasteiger partial charge is 0.349 e. The Labute approximate surface area is 201 Å². The number of rotatable bonds is 4. The molecular weight excluding hydrogens is 432 g/mol. The maximum absolute atomic E-state index is 12.6. The molecule has 2 N–H and O–H groups in total. The van der Waals surface area contributed by atoms with Crippen LogP contribution >= 0.6 is 12.6 Å². The Kier molecular flexibility index (Phi) is 5.82. The number of benzene rings is 1. The highest BCUT2D eigenvalue weighted by Crippen LogP contribution is 2.56. The number of hydrogen-bond acceptors (Lipinski definition) is 5. The average Bonchev–Trinajstić information content (AvgIpc) is 3.46. The number of amides is 1. The summed E-state index contributed by atoms with van der Waals surface area (Å²) in [5.41, 5.74) is 3.21. The summed E-state index contributed by atoms with van der Waals surface area (Å²) in [7, 11) is 6.32. The van der Waals surface area contributed by atoms with Crippen LogP contribution < -0.4 is 10.6 Å². The van der Waals surface area contributed by atoms with Crippen molar-refractivity contribution in [2.75, 3.05) is 26.5 Å². The van der Waals surface area contributed by atoms with Crippen LogP contribution in [0.3, 0.4) is 0 Å². The van der Waals surface area contributed by atoms with Crippen molar-refractivity contribution in [2.45, 2.75) is 55.2 Å². The van der Waals surface area contributed by atoms with Gasteiger partial charge in [-0.05, 0) is 63.7 Å². The van der Waals surface area contributed by atoms with Gasteiger partial charge in [0.15, 0.2) is 5.96 Å². The topological polar surface area (TPSA) is 72.9 Å². The molecule has 1 amide bonds. The highest BCUT2D eigenvalue weighted by Gasteiger charge is 2.55. The van der Waals surface area contributed by atoms with E-state index >= 15 is 0 Å². The molecule has 1 aromatic heterocycles. The number of nitrogens with one attached hydrogen (secondary N) is 2. The fourth-order valence-electron chi connectivity index (χ4n) is 5.49. The number of hydrogen-bond donors (Lipinski definition) is 3. The predicted molar refractivity (Wildman–Crippen MR) is 134 cm³/mol. The molecule has 2 heterocycles. The van der Waals surface area contributed by atoms with Crippen LogP contribution in [0.2, 0.25) is 0 Å². The summed E-state index contributed by atoms with van der Waals surface area (Å²) in [6.07, 6.45) is 8.75. The molecule has 1 spiro atoms. The van der Waals surface area contributed by atoms with E-state index in [0.717, 1.165) is 43.8 Å². The van der Waals surface area contributed by atoms with E-state index in [2.05, 4.69) is 83.5 Å². The molecule has 1 unspecified atom stereocenters. The normalized spacial score (nSPS) is 29.7. The number of pyridine rings is 1. The Bertz CT molecular complexity index is 1080. The molecule has 3 aliphatic rings. The van der Waals surface area contributed by atoms with Crippen LogP contribution in [0.4, 0.5) is 5.69 Å². The van der Waals surface area contributed by atoms with Crippen molar-refractivity contribution in [3.63, 3.8) is 0 Å². The monoisotopic (exact) mass is 464 g/mol. The second kappa shape index (κ2) is 8.65. The zero-order valence-electron chi connectivity index (χ0n) is 19.5. The number of guanidine groups is 1. The van der Waals surface area contributed by atoms with Crippen LogP contribution in [-0.4, -0.2) is 59.9 Å². The van der Waals surface area contributed by atoms with Gasteiger partial charge in [0.05, 0.1) is 11.6 Å². The predicted octanol–water partition coefficient (Wildman–Crippen LogP) is 3.78. The maximum atomic E-state index is 12.6. The molecule has 8 heteroatoms. The summed E-state index contributed by atoms with van der Waals surface area (Å²) in [5.74, 6) is 0.886. The molecule has 33 heavy (non-hydrogen) atoms. The fraction of sp³-hybridized carbons (Fsp3) is 0.480. The molecule has 2 atom stereocenters. The Hall–Kier alpha value is -2.58. The molecule has 1 aliphatic heterocycles. The van der Waals surface area contributed by atoms with E-state index < -0.39 is 0 Å². The second-order valence-electron chi connectivity index (χ2n) is 9.87. The molecule has 0 radical (unpaired) electrons. The van der Waals surface area contributed by atoms with Crippen molar-refractivity contribution < 1.29 is 4.79 Å². The Balaban J connectivity index is 1.22. The van der Waals surface area contributed by atoms with Gasteiger partial charge in [0.25, 0.3) is 5.91 Å². The lowest BCUT2D eigenvalue weighted by atomic mass is 9.83. The van der Waals surface area contributed by atoms with Gasteiger partial charge < -0.3 is 15.5 Å². The lowest BCUT2D eigenvalue weighted by Crippen LogP contribution is -2.46. The summed E-state index contributed by atoms with van der Waals surface area (Å²) in [6, 6.07) is 10.8. The van der Waals surface area contributed by atoms with E-state index in [1.54, 1.807) is 18.5 Å². The molecule has 1 aromatic carbocycles. The second-order valence-corrected chi connectivity index (χ2v) is 10.4. The molecule has 5 rings (SSSR count). The Morgan fingerprint density at radius 2 is 2.03 bits per heavy atom. The van der Waals surface area contributed by atoms with Crippen molar-refractivity contribution in [1.82, 2.24) is 20.1 Å². The van der Waals surface area contributed by atoms with E-state index in [-0.39, 0.29) is 23.5 Å². The van der Waals surface area contributed by atoms with E-state index in [1.165, 1.54) is 5.56 Å². The fourth-order valence-corrected chi connectivity index (χ4v) is 5.70. The number of aromatic nitrogens is 1. The quantitative estimate of drug-likeness (QED) is 0.601. The third kappa shape index (κ3) is 4.34. The van der Waals surface area contributed by atoms with Crippen LogP contribution in [0.1, 0.15) is 54.2 Å². The van der Waals surface area contributed by atoms with E-state index in [4.69, 9.17) is 4.99 Å². The van der Waals surface area contributed by atoms with Crippen LogP contribution in [0.25, 0.3) is 0 Å². The van der Waals surface area contributed by atoms with Crippen LogP contribution in [0.15, 0.2) is 52.6 Å². The summed E-state index contributed by atoms with van der Waals surface area (Å²) in [5, 5.41) is 6.77. The zero-order chi connectivity index (χ0) is 23.2.